The lowest BCUT2D eigenvalue weighted by molar-refractivity contribution is -0.275. The summed E-state index contributed by atoms with van der Waals surface area (Å²) in [5.74, 6) is -1.62. The zero-order chi connectivity index (χ0) is 16.0. The lowest BCUT2D eigenvalue weighted by Crippen LogP contribution is -2.19. The van der Waals surface area contributed by atoms with E-state index < -0.39 is 18.1 Å². The molecule has 1 aromatic rings. The van der Waals surface area contributed by atoms with Gasteiger partial charge in [-0.15, -0.1) is 24.8 Å². The Labute approximate surface area is 124 Å². The highest BCUT2D eigenvalue weighted by atomic mass is 35.5. The Bertz CT molecular complexity index is 508. The van der Waals surface area contributed by atoms with Gasteiger partial charge in [0, 0.05) is 5.56 Å². The van der Waals surface area contributed by atoms with E-state index in [0.29, 0.717) is 0 Å². The number of hydrogen-bond donors (Lipinski definition) is 0. The number of alkyl halides is 4. The Balaban J connectivity index is 3.23. The first-order chi connectivity index (χ1) is 9.82. The third kappa shape index (κ3) is 4.96. The standard InChI is InChI=1S/C12H13ClF3NO4/c1-3-20-10(18)4-7-8(5-13)17-6-9(11(7)19-2)21-12(14,15)16/h6H,3-5H2,1-2H3. The SMILES string of the molecule is CCOC(=O)Cc1c(CCl)ncc(OC(F)(F)F)c1OC. The van der Waals surface area contributed by atoms with Crippen LogP contribution in [-0.4, -0.2) is 31.0 Å². The quantitative estimate of drug-likeness (QED) is 0.594. The number of carbonyl (C=O) groups excluding carboxylic acids is 1. The highest BCUT2D eigenvalue weighted by Crippen LogP contribution is 2.36. The summed E-state index contributed by atoms with van der Waals surface area (Å²) in [6.45, 7) is 1.75. The monoisotopic (exact) mass is 327 g/mol. The number of carbonyl (C=O) groups is 1. The van der Waals surface area contributed by atoms with Crippen LogP contribution < -0.4 is 9.47 Å². The molecular formula is C12H13ClF3NO4. The van der Waals surface area contributed by atoms with E-state index in [9.17, 15) is 18.0 Å². The van der Waals surface area contributed by atoms with Crippen LogP contribution in [0, 0.1) is 0 Å². The fraction of sp³-hybridized carbons (Fsp3) is 0.500. The minimum atomic E-state index is -4.90. The summed E-state index contributed by atoms with van der Waals surface area (Å²) in [5.41, 5.74) is 0.323. The molecule has 0 N–H and O–H groups in total. The van der Waals surface area contributed by atoms with Crippen molar-refractivity contribution in [1.82, 2.24) is 4.98 Å². The number of rotatable bonds is 6. The minimum absolute atomic E-state index is 0.0998. The van der Waals surface area contributed by atoms with Gasteiger partial charge in [-0.2, -0.15) is 0 Å². The highest BCUT2D eigenvalue weighted by Gasteiger charge is 2.34. The summed E-state index contributed by atoms with van der Waals surface area (Å²) >= 11 is 5.67. The summed E-state index contributed by atoms with van der Waals surface area (Å²) in [6.07, 6.45) is -4.38. The molecule has 0 aliphatic heterocycles. The lowest BCUT2D eigenvalue weighted by atomic mass is 10.1. The molecule has 9 heteroatoms. The highest BCUT2D eigenvalue weighted by molar-refractivity contribution is 6.17. The van der Waals surface area contributed by atoms with Crippen LogP contribution in [0.3, 0.4) is 0 Å². The minimum Gasteiger partial charge on any atom is -0.492 e. The third-order valence-corrected chi connectivity index (χ3v) is 2.62. The summed E-state index contributed by atoms with van der Waals surface area (Å²) in [6, 6.07) is 0. The van der Waals surface area contributed by atoms with Gasteiger partial charge in [-0.05, 0) is 6.92 Å². The smallest absolute Gasteiger partial charge is 0.492 e. The van der Waals surface area contributed by atoms with Gasteiger partial charge in [0.2, 0.25) is 0 Å². The molecule has 0 fully saturated rings. The second-order valence-electron chi connectivity index (χ2n) is 3.74. The van der Waals surface area contributed by atoms with Gasteiger partial charge < -0.3 is 14.2 Å². The molecule has 0 unspecified atom stereocenters. The molecule has 0 aliphatic carbocycles. The number of esters is 1. The van der Waals surface area contributed by atoms with Crippen molar-refractivity contribution in [3.05, 3.63) is 17.5 Å². The Morgan fingerprint density at radius 1 is 1.43 bits per heavy atom. The van der Waals surface area contributed by atoms with Gasteiger partial charge in [0.25, 0.3) is 0 Å². The van der Waals surface area contributed by atoms with Crippen molar-refractivity contribution in [3.63, 3.8) is 0 Å². The van der Waals surface area contributed by atoms with Crippen LogP contribution >= 0.6 is 11.6 Å². The third-order valence-electron chi connectivity index (χ3n) is 2.37. The first kappa shape index (κ1) is 17.4. The van der Waals surface area contributed by atoms with Gasteiger partial charge in [0.15, 0.2) is 11.5 Å². The first-order valence-electron chi connectivity index (χ1n) is 5.84. The molecule has 0 aliphatic rings. The molecule has 5 nitrogen and oxygen atoms in total. The predicted octanol–water partition coefficient (Wildman–Crippen LogP) is 2.83. The predicted molar refractivity (Wildman–Crippen MR) is 67.4 cm³/mol. The van der Waals surface area contributed by atoms with Gasteiger partial charge in [-0.3, -0.25) is 9.78 Å². The van der Waals surface area contributed by atoms with Crippen LogP contribution in [0.4, 0.5) is 13.2 Å². The van der Waals surface area contributed by atoms with Crippen molar-refractivity contribution >= 4 is 17.6 Å². The lowest BCUT2D eigenvalue weighted by Gasteiger charge is -2.16. The number of nitrogens with zero attached hydrogens (tertiary/aromatic N) is 1. The zero-order valence-corrected chi connectivity index (χ0v) is 12.0. The molecule has 0 atom stereocenters. The van der Waals surface area contributed by atoms with Crippen molar-refractivity contribution in [2.75, 3.05) is 13.7 Å². The van der Waals surface area contributed by atoms with E-state index in [1.165, 1.54) is 0 Å². The Hall–Kier alpha value is -1.70. The van der Waals surface area contributed by atoms with Crippen LogP contribution in [0.25, 0.3) is 0 Å². The van der Waals surface area contributed by atoms with Gasteiger partial charge in [-0.1, -0.05) is 0 Å². The molecule has 118 valence electrons. The molecule has 0 radical (unpaired) electrons. The van der Waals surface area contributed by atoms with Gasteiger partial charge in [0.1, 0.15) is 0 Å². The average molecular weight is 328 g/mol. The summed E-state index contributed by atoms with van der Waals surface area (Å²) < 4.78 is 50.5. The van der Waals surface area contributed by atoms with Crippen molar-refractivity contribution in [2.45, 2.75) is 25.6 Å². The van der Waals surface area contributed by atoms with E-state index in [-0.39, 0.29) is 35.9 Å². The number of ether oxygens (including phenoxy) is 3. The van der Waals surface area contributed by atoms with Crippen LogP contribution in [0.5, 0.6) is 11.5 Å². The van der Waals surface area contributed by atoms with Crippen LogP contribution in [0.15, 0.2) is 6.20 Å². The molecule has 0 bridgehead atoms. The molecule has 0 saturated carbocycles. The molecule has 21 heavy (non-hydrogen) atoms. The summed E-state index contributed by atoms with van der Waals surface area (Å²) in [7, 11) is 1.16. The maximum atomic E-state index is 12.3. The van der Waals surface area contributed by atoms with E-state index in [1.54, 1.807) is 6.92 Å². The van der Waals surface area contributed by atoms with Crippen LogP contribution in [0.2, 0.25) is 0 Å². The van der Waals surface area contributed by atoms with E-state index in [0.717, 1.165) is 13.3 Å². The second-order valence-corrected chi connectivity index (χ2v) is 4.01. The Kier molecular flexibility index (Phi) is 6.07. The maximum absolute atomic E-state index is 12.3. The number of hydrogen-bond acceptors (Lipinski definition) is 5. The Morgan fingerprint density at radius 2 is 2.10 bits per heavy atom. The normalized spacial score (nSPS) is 11.1. The maximum Gasteiger partial charge on any atom is 0.573 e. The fourth-order valence-electron chi connectivity index (χ4n) is 1.63. The second kappa shape index (κ2) is 7.35. The van der Waals surface area contributed by atoms with Gasteiger partial charge in [0.05, 0.1) is 37.9 Å². The van der Waals surface area contributed by atoms with Crippen molar-refractivity contribution < 1.29 is 32.2 Å². The van der Waals surface area contributed by atoms with E-state index in [2.05, 4.69) is 9.72 Å². The number of pyridine rings is 1. The molecule has 1 rings (SSSR count). The number of halogens is 4. The van der Waals surface area contributed by atoms with E-state index >= 15 is 0 Å². The van der Waals surface area contributed by atoms with E-state index in [1.807, 2.05) is 0 Å². The largest absolute Gasteiger partial charge is 0.573 e. The topological polar surface area (TPSA) is 57.7 Å². The molecule has 0 aromatic carbocycles. The molecular weight excluding hydrogens is 315 g/mol. The zero-order valence-electron chi connectivity index (χ0n) is 11.3. The molecule has 0 amide bonds. The Morgan fingerprint density at radius 3 is 2.57 bits per heavy atom. The molecule has 0 spiro atoms. The molecule has 1 aromatic heterocycles. The van der Waals surface area contributed by atoms with Crippen LogP contribution in [-0.2, 0) is 21.8 Å². The first-order valence-corrected chi connectivity index (χ1v) is 6.37. The van der Waals surface area contributed by atoms with Crippen molar-refractivity contribution in [1.29, 1.82) is 0 Å². The number of aromatic nitrogens is 1. The van der Waals surface area contributed by atoms with E-state index in [4.69, 9.17) is 21.1 Å². The number of methoxy groups -OCH3 is 1. The van der Waals surface area contributed by atoms with Gasteiger partial charge >= 0.3 is 12.3 Å². The van der Waals surface area contributed by atoms with Gasteiger partial charge in [-0.25, -0.2) is 0 Å². The van der Waals surface area contributed by atoms with Crippen molar-refractivity contribution in [2.24, 2.45) is 0 Å². The average Bonchev–Trinajstić information content (AvgIpc) is 2.37. The molecule has 0 saturated heterocycles. The van der Waals surface area contributed by atoms with Crippen molar-refractivity contribution in [3.8, 4) is 11.5 Å². The summed E-state index contributed by atoms with van der Waals surface area (Å²) in [4.78, 5) is 15.3. The van der Waals surface area contributed by atoms with Crippen LogP contribution in [0.1, 0.15) is 18.2 Å². The molecule has 1 heterocycles. The fourth-order valence-corrected chi connectivity index (χ4v) is 1.86. The summed E-state index contributed by atoms with van der Waals surface area (Å²) in [5, 5.41) is 0.